The molecular formula is C20H34N2O3S. The Labute approximate surface area is 159 Å². The smallest absolute Gasteiger partial charge is 0.239 e. The third-order valence-electron chi connectivity index (χ3n) is 4.38. The van der Waals surface area contributed by atoms with Gasteiger partial charge < -0.3 is 5.32 Å². The summed E-state index contributed by atoms with van der Waals surface area (Å²) >= 11 is 0. The Morgan fingerprint density at radius 2 is 1.54 bits per heavy atom. The number of nitrogens with zero attached hydrogens (tertiary/aromatic N) is 1. The maximum absolute atomic E-state index is 12.6. The molecule has 0 saturated heterocycles. The summed E-state index contributed by atoms with van der Waals surface area (Å²) in [6.07, 6.45) is 1.88. The number of sulfonamides is 1. The Morgan fingerprint density at radius 3 is 1.92 bits per heavy atom. The molecule has 6 heteroatoms. The van der Waals surface area contributed by atoms with Crippen LogP contribution in [-0.4, -0.2) is 38.0 Å². The van der Waals surface area contributed by atoms with Crippen LogP contribution in [-0.2, 0) is 14.8 Å². The van der Waals surface area contributed by atoms with Gasteiger partial charge in [-0.05, 0) is 35.3 Å². The summed E-state index contributed by atoms with van der Waals surface area (Å²) in [6.45, 7) is 12.6. The number of hydrogen-bond acceptors (Lipinski definition) is 3. The van der Waals surface area contributed by atoms with Gasteiger partial charge in [-0.2, -0.15) is 4.31 Å². The third-order valence-corrected chi connectivity index (χ3v) is 5.63. The molecule has 0 unspecified atom stereocenters. The highest BCUT2D eigenvalue weighted by atomic mass is 32.2. The second-order valence-electron chi connectivity index (χ2n) is 7.95. The zero-order chi connectivity index (χ0) is 20.1. The highest BCUT2D eigenvalue weighted by molar-refractivity contribution is 7.88. The summed E-state index contributed by atoms with van der Waals surface area (Å²) in [5.74, 6) is 0.595. The minimum atomic E-state index is -3.43. The number of rotatable bonds is 9. The monoisotopic (exact) mass is 382 g/mol. The molecule has 0 fully saturated rings. The first-order valence-corrected chi connectivity index (χ1v) is 11.2. The Balaban J connectivity index is 3.05. The lowest BCUT2D eigenvalue weighted by Crippen LogP contribution is -2.38. The van der Waals surface area contributed by atoms with Crippen LogP contribution in [0.1, 0.15) is 70.9 Å². The van der Waals surface area contributed by atoms with Crippen LogP contribution in [0.5, 0.6) is 0 Å². The van der Waals surface area contributed by atoms with Crippen LogP contribution in [0.3, 0.4) is 0 Å². The van der Waals surface area contributed by atoms with Crippen molar-refractivity contribution in [1.82, 2.24) is 4.31 Å². The standard InChI is InChI=1S/C20H34N2O3S/c1-14(2)11-12-22(26(7,24)25)13-19(23)21-20-17(15(3)4)9-8-10-18(20)16(5)6/h8-10,14-16H,11-13H2,1-7H3,(H,21,23). The summed E-state index contributed by atoms with van der Waals surface area (Å²) in [5.41, 5.74) is 2.95. The van der Waals surface area contributed by atoms with Gasteiger partial charge in [0.15, 0.2) is 0 Å². The molecule has 0 spiro atoms. The van der Waals surface area contributed by atoms with Crippen molar-refractivity contribution in [2.75, 3.05) is 24.7 Å². The fraction of sp³-hybridized carbons (Fsp3) is 0.650. The minimum absolute atomic E-state index is 0.157. The number of amides is 1. The van der Waals surface area contributed by atoms with E-state index in [-0.39, 0.29) is 24.3 Å². The average Bonchev–Trinajstić information content (AvgIpc) is 2.49. The summed E-state index contributed by atoms with van der Waals surface area (Å²) in [4.78, 5) is 12.6. The van der Waals surface area contributed by atoms with Gasteiger partial charge in [0.2, 0.25) is 15.9 Å². The topological polar surface area (TPSA) is 66.5 Å². The maximum Gasteiger partial charge on any atom is 0.239 e. The van der Waals surface area contributed by atoms with E-state index < -0.39 is 10.0 Å². The number of para-hydroxylation sites is 1. The van der Waals surface area contributed by atoms with Gasteiger partial charge in [0, 0.05) is 12.2 Å². The van der Waals surface area contributed by atoms with Crippen molar-refractivity contribution in [2.45, 2.75) is 59.8 Å². The summed E-state index contributed by atoms with van der Waals surface area (Å²) < 4.78 is 25.3. The second kappa shape index (κ2) is 9.51. The summed E-state index contributed by atoms with van der Waals surface area (Å²) in [6, 6.07) is 6.03. The van der Waals surface area contributed by atoms with Gasteiger partial charge >= 0.3 is 0 Å². The fourth-order valence-corrected chi connectivity index (χ4v) is 3.59. The molecule has 0 aliphatic heterocycles. The van der Waals surface area contributed by atoms with E-state index in [0.717, 1.165) is 29.5 Å². The highest BCUT2D eigenvalue weighted by Gasteiger charge is 2.22. The number of carbonyl (C=O) groups is 1. The lowest BCUT2D eigenvalue weighted by atomic mass is 9.92. The van der Waals surface area contributed by atoms with Crippen molar-refractivity contribution in [2.24, 2.45) is 5.92 Å². The first kappa shape index (κ1) is 22.6. The number of benzene rings is 1. The van der Waals surface area contributed by atoms with Gasteiger partial charge in [-0.3, -0.25) is 4.79 Å². The van der Waals surface area contributed by atoms with Crippen molar-refractivity contribution >= 4 is 21.6 Å². The van der Waals surface area contributed by atoms with Gasteiger partial charge in [-0.25, -0.2) is 8.42 Å². The normalized spacial score (nSPS) is 12.4. The van der Waals surface area contributed by atoms with E-state index in [4.69, 9.17) is 0 Å². The molecule has 1 aromatic rings. The van der Waals surface area contributed by atoms with E-state index in [0.29, 0.717) is 12.5 Å². The summed E-state index contributed by atoms with van der Waals surface area (Å²) in [5, 5.41) is 2.99. The Bertz CT molecular complexity index is 684. The zero-order valence-corrected chi connectivity index (χ0v) is 18.0. The molecule has 0 saturated carbocycles. The Kier molecular flexibility index (Phi) is 8.28. The van der Waals surface area contributed by atoms with Crippen molar-refractivity contribution in [3.8, 4) is 0 Å². The molecule has 0 aliphatic rings. The minimum Gasteiger partial charge on any atom is -0.324 e. The fourth-order valence-electron chi connectivity index (χ4n) is 2.80. The number of anilines is 1. The van der Waals surface area contributed by atoms with Crippen molar-refractivity contribution < 1.29 is 13.2 Å². The molecule has 148 valence electrons. The van der Waals surface area contributed by atoms with Crippen molar-refractivity contribution in [3.05, 3.63) is 29.3 Å². The van der Waals surface area contributed by atoms with Crippen LogP contribution in [0.25, 0.3) is 0 Å². The van der Waals surface area contributed by atoms with Gasteiger partial charge in [0.05, 0.1) is 12.8 Å². The molecule has 0 aromatic heterocycles. The Morgan fingerprint density at radius 1 is 1.04 bits per heavy atom. The SMILES string of the molecule is CC(C)CCN(CC(=O)Nc1c(C(C)C)cccc1C(C)C)S(C)(=O)=O. The van der Waals surface area contributed by atoms with Crippen LogP contribution in [0.4, 0.5) is 5.69 Å². The Hall–Kier alpha value is -1.40. The molecule has 1 aromatic carbocycles. The molecule has 0 radical (unpaired) electrons. The second-order valence-corrected chi connectivity index (χ2v) is 9.93. The first-order chi connectivity index (χ1) is 11.9. The molecule has 26 heavy (non-hydrogen) atoms. The number of carbonyl (C=O) groups excluding carboxylic acids is 1. The first-order valence-electron chi connectivity index (χ1n) is 9.31. The van der Waals surface area contributed by atoms with Gasteiger partial charge in [-0.15, -0.1) is 0 Å². The van der Waals surface area contributed by atoms with Crippen LogP contribution in [0, 0.1) is 5.92 Å². The predicted molar refractivity (Wildman–Crippen MR) is 109 cm³/mol. The zero-order valence-electron chi connectivity index (χ0n) is 17.2. The van der Waals surface area contributed by atoms with E-state index in [1.54, 1.807) is 0 Å². The largest absolute Gasteiger partial charge is 0.324 e. The van der Waals surface area contributed by atoms with Gasteiger partial charge in [-0.1, -0.05) is 59.7 Å². The number of nitrogens with one attached hydrogen (secondary N) is 1. The van der Waals surface area contributed by atoms with Gasteiger partial charge in [0.25, 0.3) is 0 Å². The quantitative estimate of drug-likeness (QED) is 0.697. The molecule has 1 N–H and O–H groups in total. The maximum atomic E-state index is 12.6. The molecule has 1 rings (SSSR count). The van der Waals surface area contributed by atoms with Gasteiger partial charge in [0.1, 0.15) is 0 Å². The van der Waals surface area contributed by atoms with E-state index in [1.807, 2.05) is 32.0 Å². The lowest BCUT2D eigenvalue weighted by molar-refractivity contribution is -0.116. The molecule has 0 atom stereocenters. The van der Waals surface area contributed by atoms with Crippen LogP contribution in [0.15, 0.2) is 18.2 Å². The van der Waals surface area contributed by atoms with E-state index in [9.17, 15) is 13.2 Å². The highest BCUT2D eigenvalue weighted by Crippen LogP contribution is 2.32. The molecular weight excluding hydrogens is 348 g/mol. The molecule has 1 amide bonds. The number of hydrogen-bond donors (Lipinski definition) is 1. The van der Waals surface area contributed by atoms with E-state index in [1.165, 1.54) is 4.31 Å². The molecule has 0 heterocycles. The molecule has 5 nitrogen and oxygen atoms in total. The predicted octanol–water partition coefficient (Wildman–Crippen LogP) is 4.18. The van der Waals surface area contributed by atoms with E-state index >= 15 is 0 Å². The third kappa shape index (κ3) is 6.72. The van der Waals surface area contributed by atoms with Crippen LogP contribution >= 0.6 is 0 Å². The lowest BCUT2D eigenvalue weighted by Gasteiger charge is -2.23. The van der Waals surface area contributed by atoms with E-state index in [2.05, 4.69) is 33.0 Å². The van der Waals surface area contributed by atoms with Crippen molar-refractivity contribution in [1.29, 1.82) is 0 Å². The molecule has 0 bridgehead atoms. The average molecular weight is 383 g/mol. The van der Waals surface area contributed by atoms with Crippen LogP contribution < -0.4 is 5.32 Å². The van der Waals surface area contributed by atoms with Crippen LogP contribution in [0.2, 0.25) is 0 Å². The molecule has 0 aliphatic carbocycles. The summed E-state index contributed by atoms with van der Waals surface area (Å²) in [7, 11) is -3.43. The van der Waals surface area contributed by atoms with Crippen molar-refractivity contribution in [3.63, 3.8) is 0 Å².